The summed E-state index contributed by atoms with van der Waals surface area (Å²) in [7, 11) is 0. The van der Waals surface area contributed by atoms with Gasteiger partial charge in [0, 0.05) is 12.1 Å². The SMILES string of the molecule is Cl.NCC1(C(=O)Nc2cc(C(N)=O)ccc2F)CCCC1. The molecule has 0 spiro atoms. The largest absolute Gasteiger partial charge is 0.366 e. The van der Waals surface area contributed by atoms with Gasteiger partial charge in [-0.15, -0.1) is 12.4 Å². The number of rotatable bonds is 4. The average molecular weight is 316 g/mol. The van der Waals surface area contributed by atoms with Crippen molar-refractivity contribution >= 4 is 29.9 Å². The summed E-state index contributed by atoms with van der Waals surface area (Å²) in [4.78, 5) is 23.4. The fraction of sp³-hybridized carbons (Fsp3) is 0.429. The van der Waals surface area contributed by atoms with Gasteiger partial charge < -0.3 is 16.8 Å². The van der Waals surface area contributed by atoms with Crippen LogP contribution in [0.4, 0.5) is 10.1 Å². The summed E-state index contributed by atoms with van der Waals surface area (Å²) >= 11 is 0. The highest BCUT2D eigenvalue weighted by molar-refractivity contribution is 5.98. The maximum Gasteiger partial charge on any atom is 0.248 e. The van der Waals surface area contributed by atoms with E-state index < -0.39 is 17.1 Å². The highest BCUT2D eigenvalue weighted by Gasteiger charge is 2.40. The van der Waals surface area contributed by atoms with Crippen LogP contribution >= 0.6 is 12.4 Å². The summed E-state index contributed by atoms with van der Waals surface area (Å²) in [5.41, 5.74) is 10.3. The molecule has 5 nitrogen and oxygen atoms in total. The Bertz CT molecular complexity index is 545. The van der Waals surface area contributed by atoms with E-state index in [-0.39, 0.29) is 36.1 Å². The molecule has 0 atom stereocenters. The third-order valence-electron chi connectivity index (χ3n) is 3.93. The minimum atomic E-state index is -0.671. The number of hydrogen-bond acceptors (Lipinski definition) is 3. The summed E-state index contributed by atoms with van der Waals surface area (Å²) in [6, 6.07) is 3.63. The third-order valence-corrected chi connectivity index (χ3v) is 3.93. The minimum Gasteiger partial charge on any atom is -0.366 e. The van der Waals surface area contributed by atoms with Crippen LogP contribution < -0.4 is 16.8 Å². The van der Waals surface area contributed by atoms with Gasteiger partial charge in [0.15, 0.2) is 0 Å². The molecular weight excluding hydrogens is 297 g/mol. The van der Waals surface area contributed by atoms with Gasteiger partial charge in [-0.1, -0.05) is 12.8 Å². The van der Waals surface area contributed by atoms with Crippen molar-refractivity contribution in [3.05, 3.63) is 29.6 Å². The molecule has 2 rings (SSSR count). The zero-order chi connectivity index (χ0) is 14.8. The lowest BCUT2D eigenvalue weighted by Crippen LogP contribution is -2.40. The lowest BCUT2D eigenvalue weighted by Gasteiger charge is -2.25. The summed E-state index contributed by atoms with van der Waals surface area (Å²) in [5, 5.41) is 2.54. The number of nitrogens with two attached hydrogens (primary N) is 2. The number of carbonyl (C=O) groups is 2. The molecular formula is C14H19ClFN3O2. The Morgan fingerprint density at radius 2 is 1.90 bits per heavy atom. The molecule has 2 amide bonds. The van der Waals surface area contributed by atoms with Gasteiger partial charge >= 0.3 is 0 Å². The second-order valence-corrected chi connectivity index (χ2v) is 5.20. The predicted molar refractivity (Wildman–Crippen MR) is 80.8 cm³/mol. The van der Waals surface area contributed by atoms with E-state index >= 15 is 0 Å². The van der Waals surface area contributed by atoms with Gasteiger partial charge in [-0.25, -0.2) is 4.39 Å². The van der Waals surface area contributed by atoms with Crippen molar-refractivity contribution < 1.29 is 14.0 Å². The number of carbonyl (C=O) groups excluding carboxylic acids is 2. The lowest BCUT2D eigenvalue weighted by molar-refractivity contribution is -0.124. The number of halogens is 2. The number of hydrogen-bond donors (Lipinski definition) is 3. The molecule has 7 heteroatoms. The molecule has 1 aliphatic carbocycles. The zero-order valence-corrected chi connectivity index (χ0v) is 12.3. The van der Waals surface area contributed by atoms with E-state index in [2.05, 4.69) is 5.32 Å². The maximum atomic E-state index is 13.7. The van der Waals surface area contributed by atoms with Gasteiger partial charge in [-0.2, -0.15) is 0 Å². The molecule has 116 valence electrons. The van der Waals surface area contributed by atoms with Crippen molar-refractivity contribution in [3.63, 3.8) is 0 Å². The van der Waals surface area contributed by atoms with E-state index in [0.29, 0.717) is 12.8 Å². The standard InChI is InChI=1S/C14H18FN3O2.ClH/c15-10-4-3-9(12(17)19)7-11(10)18-13(20)14(8-16)5-1-2-6-14;/h3-4,7H,1-2,5-6,8,16H2,(H2,17,19)(H,18,20);1H. The van der Waals surface area contributed by atoms with Gasteiger partial charge in [-0.05, 0) is 31.0 Å². The van der Waals surface area contributed by atoms with Crippen molar-refractivity contribution in [3.8, 4) is 0 Å². The Hall–Kier alpha value is -1.66. The van der Waals surface area contributed by atoms with Crippen LogP contribution in [0, 0.1) is 11.2 Å². The fourth-order valence-electron chi connectivity index (χ4n) is 2.60. The first kappa shape index (κ1) is 17.4. The number of nitrogens with one attached hydrogen (secondary N) is 1. The van der Waals surface area contributed by atoms with Gasteiger partial charge in [0.1, 0.15) is 5.82 Å². The summed E-state index contributed by atoms with van der Waals surface area (Å²) < 4.78 is 13.7. The molecule has 1 aromatic rings. The Kier molecular flexibility index (Phi) is 5.69. The Balaban J connectivity index is 0.00000220. The molecule has 0 heterocycles. The number of primary amides is 1. The van der Waals surface area contributed by atoms with Gasteiger partial charge in [-0.3, -0.25) is 9.59 Å². The molecule has 0 bridgehead atoms. The summed E-state index contributed by atoms with van der Waals surface area (Å²) in [6.45, 7) is 0.232. The molecule has 0 radical (unpaired) electrons. The summed E-state index contributed by atoms with van der Waals surface area (Å²) in [5.74, 6) is -1.57. The van der Waals surface area contributed by atoms with Crippen LogP contribution in [0.15, 0.2) is 18.2 Å². The van der Waals surface area contributed by atoms with Gasteiger partial charge in [0.25, 0.3) is 0 Å². The quantitative estimate of drug-likeness (QED) is 0.790. The van der Waals surface area contributed by atoms with Crippen molar-refractivity contribution in [2.75, 3.05) is 11.9 Å². The van der Waals surface area contributed by atoms with E-state index in [4.69, 9.17) is 11.5 Å². The molecule has 21 heavy (non-hydrogen) atoms. The van der Waals surface area contributed by atoms with Crippen LogP contribution in [0.2, 0.25) is 0 Å². The molecule has 1 aliphatic rings. The van der Waals surface area contributed by atoms with E-state index in [0.717, 1.165) is 18.9 Å². The molecule has 1 saturated carbocycles. The molecule has 0 saturated heterocycles. The molecule has 0 aliphatic heterocycles. The molecule has 5 N–H and O–H groups in total. The van der Waals surface area contributed by atoms with E-state index in [1.807, 2.05) is 0 Å². The second-order valence-electron chi connectivity index (χ2n) is 5.20. The van der Waals surface area contributed by atoms with Crippen LogP contribution in [0.3, 0.4) is 0 Å². The van der Waals surface area contributed by atoms with E-state index in [9.17, 15) is 14.0 Å². The van der Waals surface area contributed by atoms with E-state index in [1.54, 1.807) is 0 Å². The van der Waals surface area contributed by atoms with Gasteiger partial charge in [0.05, 0.1) is 11.1 Å². The number of benzene rings is 1. The number of amides is 2. The average Bonchev–Trinajstić information content (AvgIpc) is 2.91. The zero-order valence-electron chi connectivity index (χ0n) is 11.5. The topological polar surface area (TPSA) is 98.2 Å². The van der Waals surface area contributed by atoms with Crippen molar-refractivity contribution in [1.29, 1.82) is 0 Å². The van der Waals surface area contributed by atoms with Gasteiger partial charge in [0.2, 0.25) is 11.8 Å². The number of anilines is 1. The minimum absolute atomic E-state index is 0. The van der Waals surface area contributed by atoms with E-state index in [1.165, 1.54) is 12.1 Å². The Morgan fingerprint density at radius 1 is 1.29 bits per heavy atom. The van der Waals surface area contributed by atoms with Crippen LogP contribution in [-0.4, -0.2) is 18.4 Å². The molecule has 1 fully saturated rings. The second kappa shape index (κ2) is 6.87. The lowest BCUT2D eigenvalue weighted by atomic mass is 9.85. The highest BCUT2D eigenvalue weighted by atomic mass is 35.5. The predicted octanol–water partition coefficient (Wildman–Crippen LogP) is 1.80. The summed E-state index contributed by atoms with van der Waals surface area (Å²) in [6.07, 6.45) is 3.28. The maximum absolute atomic E-state index is 13.7. The first-order chi connectivity index (χ1) is 9.48. The molecule has 0 aromatic heterocycles. The first-order valence-corrected chi connectivity index (χ1v) is 6.59. The van der Waals surface area contributed by atoms with Crippen LogP contribution in [0.5, 0.6) is 0 Å². The van der Waals surface area contributed by atoms with Crippen LogP contribution in [-0.2, 0) is 4.79 Å². The van der Waals surface area contributed by atoms with Crippen LogP contribution in [0.25, 0.3) is 0 Å². The monoisotopic (exact) mass is 315 g/mol. The highest BCUT2D eigenvalue weighted by Crippen LogP contribution is 2.38. The Morgan fingerprint density at radius 3 is 2.43 bits per heavy atom. The van der Waals surface area contributed by atoms with Crippen molar-refractivity contribution in [1.82, 2.24) is 0 Å². The van der Waals surface area contributed by atoms with Crippen LogP contribution in [0.1, 0.15) is 36.0 Å². The van der Waals surface area contributed by atoms with Crippen molar-refractivity contribution in [2.24, 2.45) is 16.9 Å². The first-order valence-electron chi connectivity index (χ1n) is 6.59. The Labute approximate surface area is 128 Å². The smallest absolute Gasteiger partial charge is 0.248 e. The van der Waals surface area contributed by atoms with Crippen molar-refractivity contribution in [2.45, 2.75) is 25.7 Å². The molecule has 1 aromatic carbocycles. The fourth-order valence-corrected chi connectivity index (χ4v) is 2.60. The normalized spacial score (nSPS) is 16.1. The molecule has 0 unspecified atom stereocenters. The third kappa shape index (κ3) is 3.51.